The number of rotatable bonds is 1. The van der Waals surface area contributed by atoms with E-state index in [1.165, 1.54) is 11.0 Å². The monoisotopic (exact) mass is 249 g/mol. The first-order chi connectivity index (χ1) is 8.21. The van der Waals surface area contributed by atoms with Gasteiger partial charge in [0.2, 0.25) is 0 Å². The summed E-state index contributed by atoms with van der Waals surface area (Å²) in [4.78, 5) is 13.1. The summed E-state index contributed by atoms with van der Waals surface area (Å²) < 4.78 is 1.75. The first kappa shape index (κ1) is 12.8. The highest BCUT2D eigenvalue weighted by Crippen LogP contribution is 2.29. The lowest BCUT2D eigenvalue weighted by atomic mass is 9.92. The van der Waals surface area contributed by atoms with Gasteiger partial charge in [-0.15, -0.1) is 0 Å². The van der Waals surface area contributed by atoms with Crippen LogP contribution in [0.3, 0.4) is 0 Å². The summed E-state index contributed by atoms with van der Waals surface area (Å²) in [6.07, 6.45) is 0.538. The van der Waals surface area contributed by atoms with Crippen molar-refractivity contribution in [2.75, 3.05) is 4.90 Å². The number of aromatic nitrogens is 2. The van der Waals surface area contributed by atoms with E-state index in [1.54, 1.807) is 11.6 Å². The van der Waals surface area contributed by atoms with Gasteiger partial charge in [-0.2, -0.15) is 5.10 Å². The van der Waals surface area contributed by atoms with E-state index in [4.69, 9.17) is 0 Å². The minimum Gasteiger partial charge on any atom is -0.369 e. The van der Waals surface area contributed by atoms with Crippen LogP contribution in [0, 0.1) is 0 Å². The van der Waals surface area contributed by atoms with Gasteiger partial charge in [-0.25, -0.2) is 0 Å². The third-order valence-electron chi connectivity index (χ3n) is 3.12. The SMILES string of the molecule is CC1=CC(=O)N(c2cc(C(C)(C)C)n(C)n2)C1O. The van der Waals surface area contributed by atoms with Gasteiger partial charge in [-0.1, -0.05) is 20.8 Å². The molecule has 1 aliphatic rings. The van der Waals surface area contributed by atoms with E-state index in [0.717, 1.165) is 5.69 Å². The molecule has 0 radical (unpaired) electrons. The molecule has 0 saturated heterocycles. The highest BCUT2D eigenvalue weighted by molar-refractivity contribution is 6.04. The first-order valence-corrected chi connectivity index (χ1v) is 5.96. The first-order valence-electron chi connectivity index (χ1n) is 5.96. The predicted molar refractivity (Wildman–Crippen MR) is 69.2 cm³/mol. The van der Waals surface area contributed by atoms with Crippen molar-refractivity contribution in [2.45, 2.75) is 39.3 Å². The maximum absolute atomic E-state index is 11.8. The zero-order valence-electron chi connectivity index (χ0n) is 11.4. The molecule has 1 amide bonds. The Labute approximate surface area is 107 Å². The predicted octanol–water partition coefficient (Wildman–Crippen LogP) is 1.33. The van der Waals surface area contributed by atoms with Gasteiger partial charge in [0.05, 0.1) is 0 Å². The molecule has 0 saturated carbocycles. The number of hydrogen-bond donors (Lipinski definition) is 1. The minimum absolute atomic E-state index is 0.0593. The molecule has 5 heteroatoms. The summed E-state index contributed by atoms with van der Waals surface area (Å²) in [5, 5.41) is 14.3. The maximum atomic E-state index is 11.8. The van der Waals surface area contributed by atoms with Crippen molar-refractivity contribution in [1.82, 2.24) is 9.78 Å². The van der Waals surface area contributed by atoms with Gasteiger partial charge in [0.15, 0.2) is 12.0 Å². The summed E-state index contributed by atoms with van der Waals surface area (Å²) in [6.45, 7) is 7.98. The van der Waals surface area contributed by atoms with Crippen molar-refractivity contribution < 1.29 is 9.90 Å². The standard InChI is InChI=1S/C13H19N3O2/c1-8-6-11(17)16(12(8)18)10-7-9(13(2,3)4)15(5)14-10/h6-7,12,18H,1-5H3. The molecule has 2 heterocycles. The number of carbonyl (C=O) groups excluding carboxylic acids is 1. The molecule has 2 rings (SSSR count). The molecule has 0 spiro atoms. The third kappa shape index (κ3) is 1.95. The lowest BCUT2D eigenvalue weighted by Crippen LogP contribution is -2.35. The molecule has 1 aromatic rings. The molecule has 0 bridgehead atoms. The lowest BCUT2D eigenvalue weighted by molar-refractivity contribution is -0.114. The molecule has 1 unspecified atom stereocenters. The molecule has 0 fully saturated rings. The fourth-order valence-electron chi connectivity index (χ4n) is 2.17. The summed E-state index contributed by atoms with van der Waals surface area (Å²) in [6, 6.07) is 1.85. The number of aryl methyl sites for hydroxylation is 1. The van der Waals surface area contributed by atoms with Crippen LogP contribution >= 0.6 is 0 Å². The normalized spacial score (nSPS) is 20.6. The topological polar surface area (TPSA) is 58.4 Å². The maximum Gasteiger partial charge on any atom is 0.254 e. The second kappa shape index (κ2) is 3.95. The van der Waals surface area contributed by atoms with Crippen LogP contribution in [0.15, 0.2) is 17.7 Å². The summed E-state index contributed by atoms with van der Waals surface area (Å²) in [5.41, 5.74) is 1.60. The Morgan fingerprint density at radius 3 is 2.39 bits per heavy atom. The number of hydrogen-bond acceptors (Lipinski definition) is 3. The quantitative estimate of drug-likeness (QED) is 0.817. The fourth-order valence-corrected chi connectivity index (χ4v) is 2.17. The van der Waals surface area contributed by atoms with E-state index in [9.17, 15) is 9.90 Å². The number of amides is 1. The summed E-state index contributed by atoms with van der Waals surface area (Å²) in [5.74, 6) is 0.270. The molecule has 1 atom stereocenters. The highest BCUT2D eigenvalue weighted by atomic mass is 16.3. The number of aliphatic hydroxyl groups excluding tert-OH is 1. The summed E-state index contributed by atoms with van der Waals surface area (Å²) >= 11 is 0. The van der Waals surface area contributed by atoms with Crippen molar-refractivity contribution in [1.29, 1.82) is 0 Å². The second-order valence-corrected chi connectivity index (χ2v) is 5.73. The molecule has 0 aliphatic carbocycles. The van der Waals surface area contributed by atoms with Crippen LogP contribution in [0.25, 0.3) is 0 Å². The van der Waals surface area contributed by atoms with Crippen LogP contribution in [0.1, 0.15) is 33.4 Å². The fraction of sp³-hybridized carbons (Fsp3) is 0.538. The number of anilines is 1. The average molecular weight is 249 g/mol. The van der Waals surface area contributed by atoms with Crippen LogP contribution in [0.4, 0.5) is 5.82 Å². The highest BCUT2D eigenvalue weighted by Gasteiger charge is 2.33. The van der Waals surface area contributed by atoms with Gasteiger partial charge < -0.3 is 5.11 Å². The van der Waals surface area contributed by atoms with Crippen molar-refractivity contribution >= 4 is 11.7 Å². The largest absolute Gasteiger partial charge is 0.369 e. The minimum atomic E-state index is -0.903. The van der Waals surface area contributed by atoms with Crippen molar-refractivity contribution in [3.8, 4) is 0 Å². The third-order valence-corrected chi connectivity index (χ3v) is 3.12. The Kier molecular flexibility index (Phi) is 2.81. The Morgan fingerprint density at radius 1 is 1.39 bits per heavy atom. The van der Waals surface area contributed by atoms with Crippen molar-refractivity contribution in [3.05, 3.63) is 23.4 Å². The average Bonchev–Trinajstić information content (AvgIpc) is 2.69. The van der Waals surface area contributed by atoms with E-state index >= 15 is 0 Å². The molecule has 0 aromatic carbocycles. The molecule has 1 aromatic heterocycles. The van der Waals surface area contributed by atoms with E-state index in [-0.39, 0.29) is 11.3 Å². The number of aliphatic hydroxyl groups is 1. The molecule has 18 heavy (non-hydrogen) atoms. The van der Waals surface area contributed by atoms with Crippen molar-refractivity contribution in [2.24, 2.45) is 7.05 Å². The molecule has 1 N–H and O–H groups in total. The van der Waals surface area contributed by atoms with Crippen LogP contribution < -0.4 is 4.90 Å². The van der Waals surface area contributed by atoms with Gasteiger partial charge in [0.25, 0.3) is 5.91 Å². The van der Waals surface area contributed by atoms with Gasteiger partial charge in [-0.05, 0) is 12.5 Å². The van der Waals surface area contributed by atoms with Gasteiger partial charge >= 0.3 is 0 Å². The van der Waals surface area contributed by atoms with Gasteiger partial charge in [0, 0.05) is 30.3 Å². The Balaban J connectivity index is 2.40. The van der Waals surface area contributed by atoms with Crippen LogP contribution in [0.5, 0.6) is 0 Å². The number of carbonyl (C=O) groups is 1. The Hall–Kier alpha value is -1.62. The van der Waals surface area contributed by atoms with Gasteiger partial charge in [0.1, 0.15) is 0 Å². The van der Waals surface area contributed by atoms with Crippen LogP contribution in [0.2, 0.25) is 0 Å². The molecule has 98 valence electrons. The van der Waals surface area contributed by atoms with E-state index in [2.05, 4.69) is 25.9 Å². The Bertz CT molecular complexity index is 523. The van der Waals surface area contributed by atoms with Crippen LogP contribution in [-0.4, -0.2) is 27.0 Å². The lowest BCUT2D eigenvalue weighted by Gasteiger charge is -2.19. The summed E-state index contributed by atoms with van der Waals surface area (Å²) in [7, 11) is 1.84. The Morgan fingerprint density at radius 2 is 2.00 bits per heavy atom. The van der Waals surface area contributed by atoms with Crippen LogP contribution in [-0.2, 0) is 17.3 Å². The van der Waals surface area contributed by atoms with E-state index in [0.29, 0.717) is 11.4 Å². The zero-order valence-corrected chi connectivity index (χ0v) is 11.4. The molecular formula is C13H19N3O2. The zero-order chi connectivity index (χ0) is 13.7. The second-order valence-electron chi connectivity index (χ2n) is 5.73. The van der Waals surface area contributed by atoms with E-state index in [1.807, 2.05) is 13.1 Å². The smallest absolute Gasteiger partial charge is 0.254 e. The van der Waals surface area contributed by atoms with Gasteiger partial charge in [-0.3, -0.25) is 14.4 Å². The molecular weight excluding hydrogens is 230 g/mol. The molecule has 1 aliphatic heterocycles. The van der Waals surface area contributed by atoms with E-state index < -0.39 is 6.23 Å². The number of nitrogens with zero attached hydrogens (tertiary/aromatic N) is 3. The van der Waals surface area contributed by atoms with Crippen molar-refractivity contribution in [3.63, 3.8) is 0 Å². The molecule has 5 nitrogen and oxygen atoms in total.